The Morgan fingerprint density at radius 3 is 2.25 bits per heavy atom. The first-order chi connectivity index (χ1) is 15.3. The van der Waals surface area contributed by atoms with Gasteiger partial charge in [0.2, 0.25) is 0 Å². The number of hydrogen-bond acceptors (Lipinski definition) is 4. The van der Waals surface area contributed by atoms with Crippen LogP contribution in [0.3, 0.4) is 0 Å². The van der Waals surface area contributed by atoms with Gasteiger partial charge in [-0.2, -0.15) is 0 Å². The van der Waals surface area contributed by atoms with Crippen LogP contribution in [0.15, 0.2) is 66.9 Å². The van der Waals surface area contributed by atoms with E-state index in [-0.39, 0.29) is 11.3 Å². The van der Waals surface area contributed by atoms with E-state index in [9.17, 15) is 4.79 Å². The Morgan fingerprint density at radius 1 is 0.938 bits per heavy atom. The van der Waals surface area contributed by atoms with Gasteiger partial charge in [-0.15, -0.1) is 0 Å². The van der Waals surface area contributed by atoms with Crippen molar-refractivity contribution in [2.45, 2.75) is 39.2 Å². The van der Waals surface area contributed by atoms with Crippen molar-refractivity contribution in [2.24, 2.45) is 0 Å². The summed E-state index contributed by atoms with van der Waals surface area (Å²) < 4.78 is 10.8. The van der Waals surface area contributed by atoms with Crippen LogP contribution >= 0.6 is 0 Å². The molecule has 0 N–H and O–H groups in total. The van der Waals surface area contributed by atoms with Gasteiger partial charge in [-0.05, 0) is 52.9 Å². The summed E-state index contributed by atoms with van der Waals surface area (Å²) in [5.74, 6) is 1.31. The second-order valence-corrected chi connectivity index (χ2v) is 8.81. The number of amides is 1. The number of aromatic nitrogens is 1. The zero-order valence-corrected chi connectivity index (χ0v) is 19.6. The molecule has 32 heavy (non-hydrogen) atoms. The predicted molar refractivity (Wildman–Crippen MR) is 127 cm³/mol. The van der Waals surface area contributed by atoms with Gasteiger partial charge < -0.3 is 14.4 Å². The van der Waals surface area contributed by atoms with Crippen LogP contribution in [0.2, 0.25) is 0 Å². The first kappa shape index (κ1) is 23.3. The van der Waals surface area contributed by atoms with Crippen molar-refractivity contribution in [3.8, 4) is 11.5 Å². The summed E-state index contributed by atoms with van der Waals surface area (Å²) in [7, 11) is 3.23. The van der Waals surface area contributed by atoms with Crippen LogP contribution < -0.4 is 9.47 Å². The van der Waals surface area contributed by atoms with E-state index in [2.05, 4.69) is 25.8 Å². The van der Waals surface area contributed by atoms with Gasteiger partial charge in [0.25, 0.3) is 5.91 Å². The monoisotopic (exact) mass is 432 g/mol. The highest BCUT2D eigenvalue weighted by Crippen LogP contribution is 2.28. The molecule has 0 unspecified atom stereocenters. The average molecular weight is 433 g/mol. The zero-order valence-electron chi connectivity index (χ0n) is 19.6. The Hall–Kier alpha value is -3.34. The van der Waals surface area contributed by atoms with Crippen molar-refractivity contribution in [1.29, 1.82) is 0 Å². The lowest BCUT2D eigenvalue weighted by molar-refractivity contribution is 0.0744. The van der Waals surface area contributed by atoms with Crippen molar-refractivity contribution in [3.63, 3.8) is 0 Å². The predicted octanol–water partition coefficient (Wildman–Crippen LogP) is 5.28. The van der Waals surface area contributed by atoms with Gasteiger partial charge in [0.15, 0.2) is 11.5 Å². The summed E-state index contributed by atoms with van der Waals surface area (Å²) in [5, 5.41) is 0. The van der Waals surface area contributed by atoms with Crippen LogP contribution in [0.25, 0.3) is 0 Å². The van der Waals surface area contributed by atoms with E-state index >= 15 is 0 Å². The molecule has 168 valence electrons. The average Bonchev–Trinajstić information content (AvgIpc) is 2.81. The second-order valence-electron chi connectivity index (χ2n) is 8.81. The molecule has 0 saturated carbocycles. The van der Waals surface area contributed by atoms with Gasteiger partial charge >= 0.3 is 0 Å². The van der Waals surface area contributed by atoms with E-state index in [0.717, 1.165) is 11.3 Å². The lowest BCUT2D eigenvalue weighted by Crippen LogP contribution is -2.32. The van der Waals surface area contributed by atoms with E-state index in [1.165, 1.54) is 5.56 Å². The molecular weight excluding hydrogens is 400 g/mol. The van der Waals surface area contributed by atoms with Gasteiger partial charge in [0.05, 0.1) is 14.2 Å². The van der Waals surface area contributed by atoms with Crippen molar-refractivity contribution < 1.29 is 14.3 Å². The van der Waals surface area contributed by atoms with E-state index < -0.39 is 0 Å². The number of rotatable bonds is 8. The highest BCUT2D eigenvalue weighted by molar-refractivity contribution is 5.94. The minimum Gasteiger partial charge on any atom is -0.493 e. The number of pyridine rings is 1. The molecule has 2 aromatic carbocycles. The molecule has 0 aliphatic rings. The molecule has 0 bridgehead atoms. The smallest absolute Gasteiger partial charge is 0.254 e. The lowest BCUT2D eigenvalue weighted by atomic mass is 9.86. The van der Waals surface area contributed by atoms with Gasteiger partial charge in [0, 0.05) is 37.0 Å². The summed E-state index contributed by atoms with van der Waals surface area (Å²) in [5.41, 5.74) is 3.86. The maximum atomic E-state index is 13.5. The Morgan fingerprint density at radius 2 is 1.66 bits per heavy atom. The minimum absolute atomic E-state index is 0.00354. The first-order valence-electron chi connectivity index (χ1n) is 10.8. The molecule has 0 aliphatic carbocycles. The maximum Gasteiger partial charge on any atom is 0.254 e. The zero-order chi connectivity index (χ0) is 23.1. The Balaban J connectivity index is 1.85. The Labute approximate surface area is 191 Å². The first-order valence-corrected chi connectivity index (χ1v) is 10.8. The number of carbonyl (C=O) groups is 1. The van der Waals surface area contributed by atoms with E-state index in [4.69, 9.17) is 9.47 Å². The van der Waals surface area contributed by atoms with Crippen molar-refractivity contribution in [3.05, 3.63) is 89.2 Å². The third-order valence-corrected chi connectivity index (χ3v) is 5.47. The van der Waals surface area contributed by atoms with Crippen molar-refractivity contribution in [2.75, 3.05) is 20.8 Å². The van der Waals surface area contributed by atoms with Crippen LogP contribution in [-0.2, 0) is 18.4 Å². The highest BCUT2D eigenvalue weighted by Gasteiger charge is 2.19. The number of methoxy groups -OCH3 is 2. The number of nitrogens with zero attached hydrogens (tertiary/aromatic N) is 2. The van der Waals surface area contributed by atoms with Crippen molar-refractivity contribution >= 4 is 5.91 Å². The molecular formula is C27H32N2O3. The number of carbonyl (C=O) groups excluding carboxylic acids is 1. The van der Waals surface area contributed by atoms with Crippen LogP contribution in [0.1, 0.15) is 48.0 Å². The molecule has 5 nitrogen and oxygen atoms in total. The van der Waals surface area contributed by atoms with Crippen LogP contribution in [-0.4, -0.2) is 36.6 Å². The Kier molecular flexibility index (Phi) is 7.52. The molecule has 1 aromatic heterocycles. The molecule has 0 spiro atoms. The quantitative estimate of drug-likeness (QED) is 0.486. The summed E-state index contributed by atoms with van der Waals surface area (Å²) in [6.45, 7) is 7.53. The molecule has 1 amide bonds. The van der Waals surface area contributed by atoms with Crippen LogP contribution in [0, 0.1) is 0 Å². The molecule has 1 heterocycles. The molecule has 3 aromatic rings. The van der Waals surface area contributed by atoms with E-state index in [0.29, 0.717) is 36.6 Å². The summed E-state index contributed by atoms with van der Waals surface area (Å²) >= 11 is 0. The third-order valence-electron chi connectivity index (χ3n) is 5.47. The molecule has 3 rings (SSSR count). The van der Waals surface area contributed by atoms with Gasteiger partial charge in [-0.3, -0.25) is 9.78 Å². The van der Waals surface area contributed by atoms with E-state index in [1.54, 1.807) is 20.4 Å². The largest absolute Gasteiger partial charge is 0.493 e. The maximum absolute atomic E-state index is 13.5. The Bertz CT molecular complexity index is 1030. The molecule has 5 heteroatoms. The molecule has 0 saturated heterocycles. The third kappa shape index (κ3) is 5.88. The molecule has 0 aliphatic heterocycles. The number of hydrogen-bond donors (Lipinski definition) is 0. The SMILES string of the molecule is COc1ccc(CN(CCc2ccccn2)C(=O)c2ccc(C(C)(C)C)cc2)cc1OC. The van der Waals surface area contributed by atoms with Crippen molar-refractivity contribution in [1.82, 2.24) is 9.88 Å². The number of ether oxygens (including phenoxy) is 2. The van der Waals surface area contributed by atoms with Crippen LogP contribution in [0.4, 0.5) is 0 Å². The van der Waals surface area contributed by atoms with Gasteiger partial charge in [0.1, 0.15) is 0 Å². The fourth-order valence-corrected chi connectivity index (χ4v) is 3.54. The summed E-state index contributed by atoms with van der Waals surface area (Å²) in [4.78, 5) is 19.7. The summed E-state index contributed by atoms with van der Waals surface area (Å²) in [6, 6.07) is 19.5. The highest BCUT2D eigenvalue weighted by atomic mass is 16.5. The molecule has 0 radical (unpaired) electrons. The second kappa shape index (κ2) is 10.3. The topological polar surface area (TPSA) is 51.7 Å². The molecule has 0 fully saturated rings. The van der Waals surface area contributed by atoms with Gasteiger partial charge in [-0.1, -0.05) is 45.0 Å². The normalized spacial score (nSPS) is 11.2. The van der Waals surface area contributed by atoms with Crippen LogP contribution in [0.5, 0.6) is 11.5 Å². The molecule has 0 atom stereocenters. The fourth-order valence-electron chi connectivity index (χ4n) is 3.54. The van der Waals surface area contributed by atoms with Gasteiger partial charge in [-0.25, -0.2) is 0 Å². The standard InChI is InChI=1S/C27H32N2O3/c1-27(2,3)22-12-10-21(11-13-22)26(30)29(17-15-23-8-6-7-16-28-23)19-20-9-14-24(31-4)25(18-20)32-5/h6-14,16,18H,15,17,19H2,1-5H3. The number of benzene rings is 2. The minimum atomic E-state index is -0.00354. The lowest BCUT2D eigenvalue weighted by Gasteiger charge is -2.24. The fraction of sp³-hybridized carbons (Fsp3) is 0.333. The summed E-state index contributed by atoms with van der Waals surface area (Å²) in [6.07, 6.45) is 2.46. The van der Waals surface area contributed by atoms with E-state index in [1.807, 2.05) is 65.6 Å².